The average Bonchev–Trinajstić information content (AvgIpc) is 2.62. The third-order valence-electron chi connectivity index (χ3n) is 4.00. The number of primary amides is 1. The van der Waals surface area contributed by atoms with Crippen LogP contribution in [0.25, 0.3) is 6.08 Å². The third-order valence-corrected chi connectivity index (χ3v) is 4.00. The predicted molar refractivity (Wildman–Crippen MR) is 96.3 cm³/mol. The SMILES string of the molecule is COc1ccccc1C=CC1NC(=O)c2ccccc2N1CC(N)=O. The van der Waals surface area contributed by atoms with E-state index < -0.39 is 12.1 Å². The Hall–Kier alpha value is -3.28. The van der Waals surface area contributed by atoms with Gasteiger partial charge in [0.1, 0.15) is 11.9 Å². The van der Waals surface area contributed by atoms with Gasteiger partial charge < -0.3 is 20.7 Å². The van der Waals surface area contributed by atoms with Gasteiger partial charge in [-0.15, -0.1) is 0 Å². The number of carbonyl (C=O) groups is 2. The topological polar surface area (TPSA) is 84.7 Å². The molecule has 3 rings (SSSR count). The van der Waals surface area contributed by atoms with Crippen molar-refractivity contribution in [3.63, 3.8) is 0 Å². The molecule has 0 spiro atoms. The number of fused-ring (bicyclic) bond motifs is 1. The molecular weight excluding hydrogens is 318 g/mol. The molecule has 1 heterocycles. The molecule has 0 aliphatic carbocycles. The zero-order valence-corrected chi connectivity index (χ0v) is 13.8. The molecule has 1 aliphatic rings. The summed E-state index contributed by atoms with van der Waals surface area (Å²) >= 11 is 0. The molecule has 2 amide bonds. The molecule has 2 aromatic carbocycles. The monoisotopic (exact) mass is 337 g/mol. The van der Waals surface area contributed by atoms with E-state index in [2.05, 4.69) is 5.32 Å². The Morgan fingerprint density at radius 1 is 1.24 bits per heavy atom. The minimum absolute atomic E-state index is 0.00176. The van der Waals surface area contributed by atoms with E-state index >= 15 is 0 Å². The number of nitrogens with two attached hydrogens (primary N) is 1. The van der Waals surface area contributed by atoms with Crippen LogP contribution in [0.3, 0.4) is 0 Å². The lowest BCUT2D eigenvalue weighted by atomic mass is 10.1. The molecule has 0 saturated heterocycles. The summed E-state index contributed by atoms with van der Waals surface area (Å²) in [4.78, 5) is 25.6. The fourth-order valence-electron chi connectivity index (χ4n) is 2.86. The highest BCUT2D eigenvalue weighted by Gasteiger charge is 2.29. The molecular formula is C19H19N3O3. The Labute approximate surface area is 145 Å². The van der Waals surface area contributed by atoms with Crippen molar-refractivity contribution in [2.75, 3.05) is 18.6 Å². The van der Waals surface area contributed by atoms with Crippen LogP contribution in [0.2, 0.25) is 0 Å². The lowest BCUT2D eigenvalue weighted by Crippen LogP contribution is -2.54. The molecule has 2 aromatic rings. The number of ether oxygens (including phenoxy) is 1. The molecule has 128 valence electrons. The van der Waals surface area contributed by atoms with Crippen molar-refractivity contribution < 1.29 is 14.3 Å². The van der Waals surface area contributed by atoms with E-state index in [1.807, 2.05) is 42.5 Å². The Kier molecular flexibility index (Phi) is 4.70. The third kappa shape index (κ3) is 3.47. The van der Waals surface area contributed by atoms with E-state index in [1.54, 1.807) is 30.2 Å². The fraction of sp³-hybridized carbons (Fsp3) is 0.158. The van der Waals surface area contributed by atoms with Crippen LogP contribution in [-0.4, -0.2) is 31.6 Å². The molecule has 6 heteroatoms. The van der Waals surface area contributed by atoms with Crippen molar-refractivity contribution >= 4 is 23.6 Å². The van der Waals surface area contributed by atoms with Crippen LogP contribution in [0.5, 0.6) is 5.75 Å². The summed E-state index contributed by atoms with van der Waals surface area (Å²) < 4.78 is 5.33. The summed E-state index contributed by atoms with van der Waals surface area (Å²) in [5, 5.41) is 2.89. The molecule has 1 atom stereocenters. The summed E-state index contributed by atoms with van der Waals surface area (Å²) in [6, 6.07) is 14.7. The smallest absolute Gasteiger partial charge is 0.255 e. The first-order chi connectivity index (χ1) is 12.1. The number of nitrogens with one attached hydrogen (secondary N) is 1. The number of anilines is 1. The van der Waals surface area contributed by atoms with Crippen molar-refractivity contribution in [1.82, 2.24) is 5.32 Å². The number of amides is 2. The Bertz CT molecular complexity index is 832. The number of carbonyl (C=O) groups excluding carboxylic acids is 2. The standard InChI is InChI=1S/C19H19N3O3/c1-25-16-9-5-2-6-13(16)10-11-18-21-19(24)14-7-3-4-8-15(14)22(18)12-17(20)23/h2-11,18H,12H2,1H3,(H2,20,23)(H,21,24). The summed E-state index contributed by atoms with van der Waals surface area (Å²) in [5.41, 5.74) is 7.46. The van der Waals surface area contributed by atoms with Crippen LogP contribution in [0.1, 0.15) is 15.9 Å². The van der Waals surface area contributed by atoms with E-state index in [4.69, 9.17) is 10.5 Å². The molecule has 0 saturated carbocycles. The van der Waals surface area contributed by atoms with Gasteiger partial charge in [0.15, 0.2) is 0 Å². The number of nitrogens with zero attached hydrogens (tertiary/aromatic N) is 1. The molecule has 0 fully saturated rings. The zero-order chi connectivity index (χ0) is 17.8. The number of rotatable bonds is 5. The minimum Gasteiger partial charge on any atom is -0.496 e. The van der Waals surface area contributed by atoms with Gasteiger partial charge in [-0.2, -0.15) is 0 Å². The van der Waals surface area contributed by atoms with Gasteiger partial charge in [0, 0.05) is 5.56 Å². The van der Waals surface area contributed by atoms with E-state index in [0.717, 1.165) is 11.3 Å². The van der Waals surface area contributed by atoms with Gasteiger partial charge in [0.05, 0.1) is 24.9 Å². The summed E-state index contributed by atoms with van der Waals surface area (Å²) in [6.45, 7) is -0.00176. The summed E-state index contributed by atoms with van der Waals surface area (Å²) in [7, 11) is 1.60. The molecule has 0 bridgehead atoms. The Morgan fingerprint density at radius 2 is 1.96 bits per heavy atom. The van der Waals surface area contributed by atoms with E-state index in [1.165, 1.54) is 0 Å². The van der Waals surface area contributed by atoms with Crippen LogP contribution < -0.4 is 20.7 Å². The quantitative estimate of drug-likeness (QED) is 0.871. The van der Waals surface area contributed by atoms with E-state index in [9.17, 15) is 9.59 Å². The second-order valence-corrected chi connectivity index (χ2v) is 5.63. The predicted octanol–water partition coefficient (Wildman–Crippen LogP) is 1.77. The van der Waals surface area contributed by atoms with Gasteiger partial charge in [0.25, 0.3) is 5.91 Å². The molecule has 1 aliphatic heterocycles. The molecule has 3 N–H and O–H groups in total. The van der Waals surface area contributed by atoms with Crippen LogP contribution in [-0.2, 0) is 4.79 Å². The molecule has 25 heavy (non-hydrogen) atoms. The van der Waals surface area contributed by atoms with Crippen molar-refractivity contribution in [3.8, 4) is 5.75 Å². The van der Waals surface area contributed by atoms with Crippen LogP contribution in [0.4, 0.5) is 5.69 Å². The van der Waals surface area contributed by atoms with Gasteiger partial charge in [-0.05, 0) is 24.3 Å². The van der Waals surface area contributed by atoms with Gasteiger partial charge in [0.2, 0.25) is 5.91 Å². The maximum Gasteiger partial charge on any atom is 0.255 e. The second kappa shape index (κ2) is 7.09. The van der Waals surface area contributed by atoms with Crippen molar-refractivity contribution in [3.05, 3.63) is 65.7 Å². The van der Waals surface area contributed by atoms with Crippen LogP contribution in [0, 0.1) is 0 Å². The fourth-order valence-corrected chi connectivity index (χ4v) is 2.86. The highest BCUT2D eigenvalue weighted by atomic mass is 16.5. The lowest BCUT2D eigenvalue weighted by Gasteiger charge is -2.36. The van der Waals surface area contributed by atoms with Gasteiger partial charge in [-0.1, -0.05) is 36.4 Å². The second-order valence-electron chi connectivity index (χ2n) is 5.63. The molecule has 1 unspecified atom stereocenters. The number of hydrogen-bond donors (Lipinski definition) is 2. The first-order valence-corrected chi connectivity index (χ1v) is 7.86. The number of para-hydroxylation sites is 2. The van der Waals surface area contributed by atoms with Crippen molar-refractivity contribution in [2.45, 2.75) is 6.17 Å². The van der Waals surface area contributed by atoms with E-state index in [-0.39, 0.29) is 12.5 Å². The maximum atomic E-state index is 12.3. The van der Waals surface area contributed by atoms with E-state index in [0.29, 0.717) is 11.3 Å². The largest absolute Gasteiger partial charge is 0.496 e. The minimum atomic E-state index is -0.486. The number of hydrogen-bond acceptors (Lipinski definition) is 4. The van der Waals surface area contributed by atoms with Crippen LogP contribution in [0.15, 0.2) is 54.6 Å². The molecule has 0 aromatic heterocycles. The first-order valence-electron chi connectivity index (χ1n) is 7.86. The van der Waals surface area contributed by atoms with Crippen molar-refractivity contribution in [1.29, 1.82) is 0 Å². The highest BCUT2D eigenvalue weighted by molar-refractivity contribution is 6.03. The maximum absolute atomic E-state index is 12.3. The normalized spacial score (nSPS) is 16.4. The summed E-state index contributed by atoms with van der Waals surface area (Å²) in [5.74, 6) is 0.0652. The highest BCUT2D eigenvalue weighted by Crippen LogP contribution is 2.27. The van der Waals surface area contributed by atoms with Crippen molar-refractivity contribution in [2.24, 2.45) is 5.73 Å². The average molecular weight is 337 g/mol. The zero-order valence-electron chi connectivity index (χ0n) is 13.8. The van der Waals surface area contributed by atoms with Gasteiger partial charge in [-0.3, -0.25) is 9.59 Å². The summed E-state index contributed by atoms with van der Waals surface area (Å²) in [6.07, 6.45) is 3.18. The Balaban J connectivity index is 1.95. The molecule has 6 nitrogen and oxygen atoms in total. The van der Waals surface area contributed by atoms with Crippen LogP contribution >= 0.6 is 0 Å². The van der Waals surface area contributed by atoms with Gasteiger partial charge in [-0.25, -0.2) is 0 Å². The lowest BCUT2D eigenvalue weighted by molar-refractivity contribution is -0.116. The number of benzene rings is 2. The Morgan fingerprint density at radius 3 is 2.72 bits per heavy atom. The van der Waals surface area contributed by atoms with Gasteiger partial charge >= 0.3 is 0 Å². The first kappa shape index (κ1) is 16.6. The molecule has 0 radical (unpaired) electrons. The number of methoxy groups -OCH3 is 1.